The van der Waals surface area contributed by atoms with Gasteiger partial charge in [0.15, 0.2) is 0 Å². The van der Waals surface area contributed by atoms with Gasteiger partial charge in [-0.1, -0.05) is 44.9 Å². The lowest BCUT2D eigenvalue weighted by Crippen LogP contribution is -2.18. The lowest BCUT2D eigenvalue weighted by molar-refractivity contribution is -0.119. The summed E-state index contributed by atoms with van der Waals surface area (Å²) in [4.78, 5) is 11.6. The van der Waals surface area contributed by atoms with E-state index in [1.165, 1.54) is 18.4 Å². The quantitative estimate of drug-likeness (QED) is 0.797. The molecule has 2 N–H and O–H groups in total. The standard InChI is InChI=1S/C19H28N2O/c1-13(2)8-7-9-14(3)21-12-17(15(4)19(20)22)16-10-5-6-11-18(16)21/h5-6,10-15H,7-9H2,1-4H3,(H2,20,22). The van der Waals surface area contributed by atoms with Crippen molar-refractivity contribution in [3.05, 3.63) is 36.0 Å². The minimum Gasteiger partial charge on any atom is -0.369 e. The fourth-order valence-corrected chi connectivity index (χ4v) is 3.06. The maximum Gasteiger partial charge on any atom is 0.224 e. The highest BCUT2D eigenvalue weighted by atomic mass is 16.1. The number of benzene rings is 1. The molecule has 2 rings (SSSR count). The number of nitrogens with two attached hydrogens (primary N) is 1. The average molecular weight is 300 g/mol. The number of aromatic nitrogens is 1. The number of amides is 1. The summed E-state index contributed by atoms with van der Waals surface area (Å²) < 4.78 is 2.31. The molecule has 0 fully saturated rings. The van der Waals surface area contributed by atoms with Crippen LogP contribution in [0.3, 0.4) is 0 Å². The summed E-state index contributed by atoms with van der Waals surface area (Å²) in [6.45, 7) is 8.67. The highest BCUT2D eigenvalue weighted by Crippen LogP contribution is 2.31. The SMILES string of the molecule is CC(C)CCCC(C)n1cc(C(C)C(N)=O)c2ccccc21. The topological polar surface area (TPSA) is 48.0 Å². The van der Waals surface area contributed by atoms with Gasteiger partial charge in [-0.05, 0) is 37.8 Å². The number of rotatable bonds is 7. The van der Waals surface area contributed by atoms with Gasteiger partial charge in [0.1, 0.15) is 0 Å². The fourth-order valence-electron chi connectivity index (χ4n) is 3.06. The Morgan fingerprint density at radius 3 is 2.45 bits per heavy atom. The van der Waals surface area contributed by atoms with Crippen molar-refractivity contribution in [3.63, 3.8) is 0 Å². The van der Waals surface area contributed by atoms with Gasteiger partial charge in [-0.25, -0.2) is 0 Å². The summed E-state index contributed by atoms with van der Waals surface area (Å²) in [5.41, 5.74) is 7.75. The van der Waals surface area contributed by atoms with Gasteiger partial charge < -0.3 is 10.3 Å². The average Bonchev–Trinajstić information content (AvgIpc) is 2.85. The zero-order chi connectivity index (χ0) is 16.3. The molecule has 2 atom stereocenters. The van der Waals surface area contributed by atoms with Crippen LogP contribution in [0.4, 0.5) is 0 Å². The summed E-state index contributed by atoms with van der Waals surface area (Å²) in [5.74, 6) is 0.225. The van der Waals surface area contributed by atoms with Crippen LogP contribution in [0.1, 0.15) is 64.5 Å². The predicted octanol–water partition coefficient (Wildman–Crippen LogP) is 4.62. The van der Waals surface area contributed by atoms with Crippen molar-refractivity contribution in [2.45, 2.75) is 58.9 Å². The van der Waals surface area contributed by atoms with Gasteiger partial charge in [0.25, 0.3) is 0 Å². The van der Waals surface area contributed by atoms with Crippen LogP contribution in [-0.2, 0) is 4.79 Å². The van der Waals surface area contributed by atoms with E-state index in [1.54, 1.807) is 0 Å². The summed E-state index contributed by atoms with van der Waals surface area (Å²) >= 11 is 0. The number of hydrogen-bond acceptors (Lipinski definition) is 1. The van der Waals surface area contributed by atoms with E-state index >= 15 is 0 Å². The van der Waals surface area contributed by atoms with Crippen molar-refractivity contribution in [1.82, 2.24) is 4.57 Å². The third kappa shape index (κ3) is 3.52. The highest BCUT2D eigenvalue weighted by molar-refractivity contribution is 5.91. The second-order valence-corrected chi connectivity index (χ2v) is 6.81. The summed E-state index contributed by atoms with van der Waals surface area (Å²) in [5, 5.41) is 1.14. The molecule has 1 amide bonds. The van der Waals surface area contributed by atoms with Crippen molar-refractivity contribution in [1.29, 1.82) is 0 Å². The lowest BCUT2D eigenvalue weighted by Gasteiger charge is -2.16. The van der Waals surface area contributed by atoms with Gasteiger partial charge in [0.05, 0.1) is 5.92 Å². The number of hydrogen-bond donors (Lipinski definition) is 1. The van der Waals surface area contributed by atoms with Gasteiger partial charge in [-0.3, -0.25) is 4.79 Å². The van der Waals surface area contributed by atoms with Gasteiger partial charge >= 0.3 is 0 Å². The van der Waals surface area contributed by atoms with Crippen LogP contribution in [0.15, 0.2) is 30.5 Å². The third-order valence-corrected chi connectivity index (χ3v) is 4.54. The Balaban J connectivity index is 2.31. The zero-order valence-electron chi connectivity index (χ0n) is 14.2. The van der Waals surface area contributed by atoms with Crippen LogP contribution >= 0.6 is 0 Å². The van der Waals surface area contributed by atoms with Crippen molar-refractivity contribution in [2.75, 3.05) is 0 Å². The number of para-hydroxylation sites is 1. The van der Waals surface area contributed by atoms with Gasteiger partial charge in [-0.15, -0.1) is 0 Å². The second kappa shape index (κ2) is 6.99. The van der Waals surface area contributed by atoms with Crippen LogP contribution in [0.25, 0.3) is 10.9 Å². The van der Waals surface area contributed by atoms with Gasteiger partial charge in [0, 0.05) is 23.1 Å². The van der Waals surface area contributed by atoms with E-state index in [1.807, 2.05) is 13.0 Å². The molecule has 0 saturated heterocycles. The monoisotopic (exact) mass is 300 g/mol. The van der Waals surface area contributed by atoms with Crippen molar-refractivity contribution >= 4 is 16.8 Å². The largest absolute Gasteiger partial charge is 0.369 e. The first kappa shape index (κ1) is 16.6. The van der Waals surface area contributed by atoms with E-state index < -0.39 is 0 Å². The second-order valence-electron chi connectivity index (χ2n) is 6.81. The molecule has 2 unspecified atom stereocenters. The smallest absolute Gasteiger partial charge is 0.224 e. The molecule has 0 aliphatic carbocycles. The molecule has 2 aromatic rings. The van der Waals surface area contributed by atoms with E-state index in [4.69, 9.17) is 5.73 Å². The first-order valence-electron chi connectivity index (χ1n) is 8.30. The molecular weight excluding hydrogens is 272 g/mol. The molecule has 3 nitrogen and oxygen atoms in total. The Morgan fingerprint density at radius 1 is 1.14 bits per heavy atom. The first-order chi connectivity index (χ1) is 10.4. The maximum absolute atomic E-state index is 11.6. The molecular formula is C19H28N2O. The third-order valence-electron chi connectivity index (χ3n) is 4.54. The Morgan fingerprint density at radius 2 is 1.82 bits per heavy atom. The van der Waals surface area contributed by atoms with Crippen LogP contribution in [0, 0.1) is 5.92 Å². The minimum atomic E-state index is -0.268. The van der Waals surface area contributed by atoms with E-state index in [0.29, 0.717) is 6.04 Å². The lowest BCUT2D eigenvalue weighted by atomic mass is 10.0. The van der Waals surface area contributed by atoms with Crippen molar-refractivity contribution in [3.8, 4) is 0 Å². The molecule has 3 heteroatoms. The molecule has 0 radical (unpaired) electrons. The maximum atomic E-state index is 11.6. The minimum absolute atomic E-state index is 0.256. The molecule has 0 aliphatic rings. The van der Waals surface area contributed by atoms with Crippen LogP contribution < -0.4 is 5.73 Å². The Labute approximate surface area is 133 Å². The molecule has 22 heavy (non-hydrogen) atoms. The highest BCUT2D eigenvalue weighted by Gasteiger charge is 2.19. The summed E-state index contributed by atoms with van der Waals surface area (Å²) in [6.07, 6.45) is 5.77. The summed E-state index contributed by atoms with van der Waals surface area (Å²) in [6, 6.07) is 8.72. The number of nitrogens with zero attached hydrogens (tertiary/aromatic N) is 1. The zero-order valence-corrected chi connectivity index (χ0v) is 14.2. The molecule has 1 aromatic heterocycles. The van der Waals surface area contributed by atoms with Crippen LogP contribution in [-0.4, -0.2) is 10.5 Å². The molecule has 0 aliphatic heterocycles. The molecule has 0 saturated carbocycles. The molecule has 1 heterocycles. The molecule has 120 valence electrons. The predicted molar refractivity (Wildman–Crippen MR) is 92.9 cm³/mol. The molecule has 0 spiro atoms. The Kier molecular flexibility index (Phi) is 5.28. The number of primary amides is 1. The van der Waals surface area contributed by atoms with Gasteiger partial charge in [-0.2, -0.15) is 0 Å². The van der Waals surface area contributed by atoms with Crippen LogP contribution in [0.5, 0.6) is 0 Å². The van der Waals surface area contributed by atoms with Crippen molar-refractivity contribution < 1.29 is 4.79 Å². The van der Waals surface area contributed by atoms with E-state index in [-0.39, 0.29) is 11.8 Å². The van der Waals surface area contributed by atoms with E-state index in [9.17, 15) is 4.79 Å². The first-order valence-corrected chi connectivity index (χ1v) is 8.30. The summed E-state index contributed by atoms with van der Waals surface area (Å²) in [7, 11) is 0. The van der Waals surface area contributed by atoms with Crippen LogP contribution in [0.2, 0.25) is 0 Å². The molecule has 1 aromatic carbocycles. The van der Waals surface area contributed by atoms with Crippen molar-refractivity contribution in [2.24, 2.45) is 11.7 Å². The number of carbonyl (C=O) groups is 1. The number of carbonyl (C=O) groups excluding carboxylic acids is 1. The van der Waals surface area contributed by atoms with E-state index in [2.05, 4.69) is 49.7 Å². The normalized spacial score (nSPS) is 14.4. The number of fused-ring (bicyclic) bond motifs is 1. The molecule has 0 bridgehead atoms. The Bertz CT molecular complexity index is 642. The van der Waals surface area contributed by atoms with Gasteiger partial charge in [0.2, 0.25) is 5.91 Å². The fraction of sp³-hybridized carbons (Fsp3) is 0.526. The Hall–Kier alpha value is -1.77. The van der Waals surface area contributed by atoms with E-state index in [0.717, 1.165) is 23.3 Å².